The van der Waals surface area contributed by atoms with Crippen molar-refractivity contribution >= 4 is 11.0 Å². The Balaban J connectivity index is 1.27. The normalized spacial score (nSPS) is 17.9. The zero-order valence-electron chi connectivity index (χ0n) is 17.0. The van der Waals surface area contributed by atoms with Gasteiger partial charge >= 0.3 is 6.36 Å². The van der Waals surface area contributed by atoms with Gasteiger partial charge in [0.1, 0.15) is 17.4 Å². The maximum atomic E-state index is 13.9. The van der Waals surface area contributed by atoms with E-state index < -0.39 is 6.36 Å². The third-order valence-electron chi connectivity index (χ3n) is 6.31. The molecule has 4 nitrogen and oxygen atoms in total. The molecule has 5 rings (SSSR count). The average Bonchev–Trinajstić information content (AvgIpc) is 3.06. The summed E-state index contributed by atoms with van der Waals surface area (Å²) in [4.78, 5) is 7.04. The highest BCUT2D eigenvalue weighted by atomic mass is 19.4. The highest BCUT2D eigenvalue weighted by Gasteiger charge is 2.31. The monoisotopic (exact) mass is 433 g/mol. The van der Waals surface area contributed by atoms with Crippen molar-refractivity contribution < 1.29 is 22.3 Å². The molecule has 0 saturated carbocycles. The van der Waals surface area contributed by atoms with E-state index in [1.54, 1.807) is 12.1 Å². The molecule has 8 heteroatoms. The van der Waals surface area contributed by atoms with Crippen LogP contribution in [-0.4, -0.2) is 33.9 Å². The number of hydrogen-bond donors (Lipinski definition) is 0. The summed E-state index contributed by atoms with van der Waals surface area (Å²) in [6.07, 6.45) is -1.11. The van der Waals surface area contributed by atoms with Crippen LogP contribution in [0.4, 0.5) is 17.6 Å². The first-order valence-electron chi connectivity index (χ1n) is 10.6. The summed E-state index contributed by atoms with van der Waals surface area (Å²) in [7, 11) is 0. The molecule has 0 bridgehead atoms. The number of nitrogens with zero attached hydrogens (tertiary/aromatic N) is 3. The minimum absolute atomic E-state index is 0.168. The van der Waals surface area contributed by atoms with E-state index >= 15 is 0 Å². The van der Waals surface area contributed by atoms with Crippen molar-refractivity contribution in [3.8, 4) is 5.75 Å². The van der Waals surface area contributed by atoms with Gasteiger partial charge in [-0.05, 0) is 74.0 Å². The number of rotatable bonds is 4. The molecule has 2 aromatic carbocycles. The lowest BCUT2D eigenvalue weighted by Crippen LogP contribution is -2.33. The predicted molar refractivity (Wildman–Crippen MR) is 108 cm³/mol. The Morgan fingerprint density at radius 1 is 1.06 bits per heavy atom. The SMILES string of the molecule is Fc1cc2c3c(c1)nc(CN1CCC(c4cccc(OC(F)(F)F)c4)CC1)n3CCC2. The molecular formula is C23H23F4N3O. The number of aryl methyl sites for hydroxylation is 2. The second kappa shape index (κ2) is 7.82. The fourth-order valence-corrected chi connectivity index (χ4v) is 4.94. The molecule has 0 aliphatic carbocycles. The second-order valence-electron chi connectivity index (χ2n) is 8.39. The fraction of sp³-hybridized carbons (Fsp3) is 0.435. The van der Waals surface area contributed by atoms with Gasteiger partial charge in [0.05, 0.1) is 17.6 Å². The van der Waals surface area contributed by atoms with Crippen molar-refractivity contribution in [3.63, 3.8) is 0 Å². The number of aromatic nitrogens is 2. The molecule has 1 aromatic heterocycles. The van der Waals surface area contributed by atoms with Crippen molar-refractivity contribution in [3.05, 3.63) is 59.2 Å². The molecule has 3 aromatic rings. The van der Waals surface area contributed by atoms with Crippen LogP contribution >= 0.6 is 0 Å². The summed E-state index contributed by atoms with van der Waals surface area (Å²) in [5, 5.41) is 0. The van der Waals surface area contributed by atoms with Crippen molar-refractivity contribution in [2.24, 2.45) is 0 Å². The molecular weight excluding hydrogens is 410 g/mol. The molecule has 3 heterocycles. The molecule has 1 saturated heterocycles. The van der Waals surface area contributed by atoms with Crippen LogP contribution in [-0.2, 0) is 19.5 Å². The van der Waals surface area contributed by atoms with E-state index in [2.05, 4.69) is 14.2 Å². The summed E-state index contributed by atoms with van der Waals surface area (Å²) in [5.74, 6) is 0.754. The summed E-state index contributed by atoms with van der Waals surface area (Å²) < 4.78 is 57.7. The first-order valence-corrected chi connectivity index (χ1v) is 10.6. The Hall–Kier alpha value is -2.61. The predicted octanol–water partition coefficient (Wildman–Crippen LogP) is 5.40. The van der Waals surface area contributed by atoms with E-state index in [1.807, 2.05) is 6.07 Å². The van der Waals surface area contributed by atoms with Crippen LogP contribution in [0.25, 0.3) is 11.0 Å². The summed E-state index contributed by atoms with van der Waals surface area (Å²) in [5.41, 5.74) is 3.68. The maximum Gasteiger partial charge on any atom is 0.573 e. The Morgan fingerprint density at radius 2 is 1.87 bits per heavy atom. The lowest BCUT2D eigenvalue weighted by molar-refractivity contribution is -0.274. The van der Waals surface area contributed by atoms with Gasteiger partial charge in [0.15, 0.2) is 0 Å². The third kappa shape index (κ3) is 4.26. The Morgan fingerprint density at radius 3 is 2.65 bits per heavy atom. The quantitative estimate of drug-likeness (QED) is 0.516. The van der Waals surface area contributed by atoms with Crippen LogP contribution < -0.4 is 4.74 Å². The van der Waals surface area contributed by atoms with Gasteiger partial charge in [-0.2, -0.15) is 0 Å². The molecule has 0 unspecified atom stereocenters. The topological polar surface area (TPSA) is 30.3 Å². The van der Waals surface area contributed by atoms with Gasteiger partial charge in [-0.25, -0.2) is 9.37 Å². The van der Waals surface area contributed by atoms with Crippen LogP contribution in [0.5, 0.6) is 5.75 Å². The number of piperidine rings is 1. The average molecular weight is 433 g/mol. The standard InChI is InChI=1S/C23H23F4N3O/c24-18-11-17-4-2-8-30-21(28-20(13-18)22(17)30)14-29-9-6-15(7-10-29)16-3-1-5-19(12-16)31-23(25,26)27/h1,3,5,11-13,15H,2,4,6-10,14H2. The van der Waals surface area contributed by atoms with Crippen LogP contribution in [0.1, 0.15) is 42.1 Å². The van der Waals surface area contributed by atoms with E-state index in [0.29, 0.717) is 6.54 Å². The van der Waals surface area contributed by atoms with Crippen molar-refractivity contribution in [2.75, 3.05) is 13.1 Å². The van der Waals surface area contributed by atoms with Crippen molar-refractivity contribution in [1.29, 1.82) is 0 Å². The number of benzene rings is 2. The molecule has 0 amide bonds. The third-order valence-corrected chi connectivity index (χ3v) is 6.31. The molecule has 1 fully saturated rings. The Labute approximate surface area is 177 Å². The van der Waals surface area contributed by atoms with Gasteiger partial charge in [0.2, 0.25) is 0 Å². The molecule has 164 valence electrons. The Bertz CT molecular complexity index is 1100. The van der Waals surface area contributed by atoms with E-state index in [4.69, 9.17) is 4.98 Å². The van der Waals surface area contributed by atoms with E-state index in [1.165, 1.54) is 18.2 Å². The summed E-state index contributed by atoms with van der Waals surface area (Å²) >= 11 is 0. The van der Waals surface area contributed by atoms with Crippen molar-refractivity contribution in [1.82, 2.24) is 14.5 Å². The van der Waals surface area contributed by atoms with Gasteiger partial charge in [-0.3, -0.25) is 4.90 Å². The van der Waals surface area contributed by atoms with Crippen LogP contribution in [0, 0.1) is 5.82 Å². The molecule has 0 spiro atoms. The van der Waals surface area contributed by atoms with Gasteiger partial charge in [-0.15, -0.1) is 13.2 Å². The van der Waals surface area contributed by atoms with Crippen LogP contribution in [0.2, 0.25) is 0 Å². The number of halogens is 4. The first kappa shape index (κ1) is 20.3. The van der Waals surface area contributed by atoms with Crippen molar-refractivity contribution in [2.45, 2.75) is 51.1 Å². The molecule has 2 aliphatic heterocycles. The van der Waals surface area contributed by atoms with E-state index in [-0.39, 0.29) is 17.5 Å². The molecule has 31 heavy (non-hydrogen) atoms. The zero-order valence-corrected chi connectivity index (χ0v) is 17.0. The molecule has 0 radical (unpaired) electrons. The minimum Gasteiger partial charge on any atom is -0.406 e. The van der Waals surface area contributed by atoms with E-state index in [0.717, 1.165) is 73.3 Å². The van der Waals surface area contributed by atoms with Crippen LogP contribution in [0.15, 0.2) is 36.4 Å². The number of alkyl halides is 3. The smallest absolute Gasteiger partial charge is 0.406 e. The highest BCUT2D eigenvalue weighted by molar-refractivity contribution is 5.80. The largest absolute Gasteiger partial charge is 0.573 e. The highest BCUT2D eigenvalue weighted by Crippen LogP contribution is 2.33. The van der Waals surface area contributed by atoms with Gasteiger partial charge in [0.25, 0.3) is 0 Å². The summed E-state index contributed by atoms with van der Waals surface area (Å²) in [6, 6.07) is 9.43. The summed E-state index contributed by atoms with van der Waals surface area (Å²) in [6.45, 7) is 3.26. The second-order valence-corrected chi connectivity index (χ2v) is 8.39. The van der Waals surface area contributed by atoms with Gasteiger partial charge in [-0.1, -0.05) is 12.1 Å². The lowest BCUT2D eigenvalue weighted by Gasteiger charge is -2.32. The lowest BCUT2D eigenvalue weighted by atomic mass is 9.89. The number of imidazole rings is 1. The zero-order chi connectivity index (χ0) is 21.6. The van der Waals surface area contributed by atoms with E-state index in [9.17, 15) is 17.6 Å². The maximum absolute atomic E-state index is 13.9. The minimum atomic E-state index is -4.68. The fourth-order valence-electron chi connectivity index (χ4n) is 4.94. The van der Waals surface area contributed by atoms with Gasteiger partial charge in [0, 0.05) is 12.6 Å². The molecule has 0 N–H and O–H groups in total. The Kier molecular flexibility index (Phi) is 5.12. The molecule has 2 aliphatic rings. The number of hydrogen-bond acceptors (Lipinski definition) is 3. The van der Waals surface area contributed by atoms with Gasteiger partial charge < -0.3 is 9.30 Å². The molecule has 0 atom stereocenters. The van der Waals surface area contributed by atoms with Crippen LogP contribution in [0.3, 0.4) is 0 Å². The number of ether oxygens (including phenoxy) is 1. The number of likely N-dealkylation sites (tertiary alicyclic amines) is 1. The first-order chi connectivity index (χ1) is 14.9.